The average Bonchev–Trinajstić information content (AvgIpc) is 2.93. The maximum absolute atomic E-state index is 12.4. The van der Waals surface area contributed by atoms with Crippen LogP contribution in [0.4, 0.5) is 0 Å². The number of carboxylic acids is 1. The third-order valence-corrected chi connectivity index (χ3v) is 4.30. The number of aromatic nitrogens is 2. The van der Waals surface area contributed by atoms with E-state index in [0.717, 1.165) is 0 Å². The van der Waals surface area contributed by atoms with Gasteiger partial charge in [0, 0.05) is 11.8 Å². The summed E-state index contributed by atoms with van der Waals surface area (Å²) in [5, 5.41) is 16.6. The molecular formula is C17H20ClN3O3. The van der Waals surface area contributed by atoms with Crippen LogP contribution in [0.5, 0.6) is 0 Å². The van der Waals surface area contributed by atoms with Gasteiger partial charge in [-0.1, -0.05) is 44.0 Å². The molecule has 0 saturated heterocycles. The van der Waals surface area contributed by atoms with E-state index in [1.54, 1.807) is 38.2 Å². The normalized spacial score (nSPS) is 13.3. The number of benzene rings is 1. The molecular weight excluding hydrogens is 330 g/mol. The van der Waals surface area contributed by atoms with Gasteiger partial charge in [-0.3, -0.25) is 4.79 Å². The first kappa shape index (κ1) is 18.0. The lowest BCUT2D eigenvalue weighted by molar-refractivity contribution is -0.140. The molecule has 2 rings (SSSR count). The molecule has 2 aromatic rings. The van der Waals surface area contributed by atoms with Crippen molar-refractivity contribution in [2.45, 2.75) is 33.2 Å². The third kappa shape index (κ3) is 3.76. The summed E-state index contributed by atoms with van der Waals surface area (Å²) < 4.78 is 1.52. The van der Waals surface area contributed by atoms with Crippen molar-refractivity contribution in [2.24, 2.45) is 5.92 Å². The highest BCUT2D eigenvalue weighted by Crippen LogP contribution is 2.20. The number of nitrogens with zero attached hydrogens (tertiary/aromatic N) is 2. The Morgan fingerprint density at radius 1 is 1.38 bits per heavy atom. The molecule has 24 heavy (non-hydrogen) atoms. The molecule has 128 valence electrons. The lowest BCUT2D eigenvalue weighted by Crippen LogP contribution is -2.45. The number of rotatable bonds is 6. The summed E-state index contributed by atoms with van der Waals surface area (Å²) in [4.78, 5) is 23.8. The average molecular weight is 350 g/mol. The van der Waals surface area contributed by atoms with Crippen LogP contribution in [-0.4, -0.2) is 32.8 Å². The van der Waals surface area contributed by atoms with Gasteiger partial charge in [0.2, 0.25) is 0 Å². The Balaban J connectivity index is 2.28. The molecule has 0 saturated carbocycles. The number of para-hydroxylation sites is 1. The Morgan fingerprint density at radius 2 is 2.04 bits per heavy atom. The number of hydrogen-bond donors (Lipinski definition) is 2. The molecule has 2 unspecified atom stereocenters. The molecule has 6 nitrogen and oxygen atoms in total. The molecule has 0 spiro atoms. The first-order chi connectivity index (χ1) is 11.3. The monoisotopic (exact) mass is 349 g/mol. The van der Waals surface area contributed by atoms with Crippen molar-refractivity contribution in [3.8, 4) is 5.69 Å². The molecule has 0 aliphatic carbocycles. The van der Waals surface area contributed by atoms with E-state index in [0.29, 0.717) is 22.7 Å². The second-order valence-corrected chi connectivity index (χ2v) is 6.14. The minimum atomic E-state index is -1.05. The zero-order valence-corrected chi connectivity index (χ0v) is 14.5. The van der Waals surface area contributed by atoms with E-state index in [-0.39, 0.29) is 11.6 Å². The van der Waals surface area contributed by atoms with Gasteiger partial charge in [-0.15, -0.1) is 0 Å². The molecule has 0 aliphatic heterocycles. The van der Waals surface area contributed by atoms with Gasteiger partial charge in [-0.05, 0) is 25.0 Å². The minimum Gasteiger partial charge on any atom is -0.480 e. The van der Waals surface area contributed by atoms with Crippen molar-refractivity contribution < 1.29 is 14.7 Å². The van der Waals surface area contributed by atoms with Gasteiger partial charge in [0.15, 0.2) is 5.69 Å². The number of nitrogens with one attached hydrogen (secondary N) is 1. The molecule has 2 N–H and O–H groups in total. The van der Waals surface area contributed by atoms with Crippen LogP contribution in [0.2, 0.25) is 5.02 Å². The minimum absolute atomic E-state index is 0.183. The van der Waals surface area contributed by atoms with Crippen molar-refractivity contribution in [3.05, 3.63) is 46.7 Å². The molecule has 0 bridgehead atoms. The maximum Gasteiger partial charge on any atom is 0.326 e. The smallest absolute Gasteiger partial charge is 0.326 e. The lowest BCUT2D eigenvalue weighted by atomic mass is 9.99. The summed E-state index contributed by atoms with van der Waals surface area (Å²) in [5.74, 6) is -1.75. The fourth-order valence-electron chi connectivity index (χ4n) is 2.34. The standard InChI is InChI=1S/C17H20ClN3O3/c1-4-10(2)15(17(23)24)19-16(22)14-11(3)9-21(20-14)13-8-6-5-7-12(13)18/h5-10,15H,4H2,1-3H3,(H,19,22)(H,23,24). The van der Waals surface area contributed by atoms with Crippen LogP contribution in [0.3, 0.4) is 0 Å². The largest absolute Gasteiger partial charge is 0.480 e. The van der Waals surface area contributed by atoms with Crippen LogP contribution >= 0.6 is 11.6 Å². The lowest BCUT2D eigenvalue weighted by Gasteiger charge is -2.19. The number of amides is 1. The van der Waals surface area contributed by atoms with E-state index in [4.69, 9.17) is 11.6 Å². The molecule has 1 aromatic heterocycles. The van der Waals surface area contributed by atoms with Gasteiger partial charge in [0.05, 0.1) is 10.7 Å². The van der Waals surface area contributed by atoms with E-state index in [1.165, 1.54) is 4.68 Å². The molecule has 2 atom stereocenters. The number of carboxylic acid groups (broad SMARTS) is 1. The summed E-state index contributed by atoms with van der Waals surface area (Å²) >= 11 is 6.15. The number of hydrogen-bond acceptors (Lipinski definition) is 3. The van der Waals surface area contributed by atoms with Crippen molar-refractivity contribution in [3.63, 3.8) is 0 Å². The highest BCUT2D eigenvalue weighted by Gasteiger charge is 2.27. The van der Waals surface area contributed by atoms with Gasteiger partial charge < -0.3 is 10.4 Å². The van der Waals surface area contributed by atoms with Crippen molar-refractivity contribution in [1.82, 2.24) is 15.1 Å². The molecule has 0 aliphatic rings. The van der Waals surface area contributed by atoms with Crippen LogP contribution in [0.15, 0.2) is 30.5 Å². The summed E-state index contributed by atoms with van der Waals surface area (Å²) in [6.07, 6.45) is 2.33. The number of carbonyl (C=O) groups is 2. The fraction of sp³-hybridized carbons (Fsp3) is 0.353. The number of aliphatic carboxylic acids is 1. The van der Waals surface area contributed by atoms with Gasteiger partial charge in [0.25, 0.3) is 5.91 Å². The van der Waals surface area contributed by atoms with Gasteiger partial charge in [0.1, 0.15) is 6.04 Å². The molecule has 1 amide bonds. The fourth-order valence-corrected chi connectivity index (χ4v) is 2.56. The zero-order valence-electron chi connectivity index (χ0n) is 13.8. The van der Waals surface area contributed by atoms with Gasteiger partial charge in [-0.2, -0.15) is 5.10 Å². The predicted molar refractivity (Wildman–Crippen MR) is 91.7 cm³/mol. The molecule has 0 fully saturated rings. The van der Waals surface area contributed by atoms with Crippen LogP contribution in [0.1, 0.15) is 36.3 Å². The Morgan fingerprint density at radius 3 is 2.62 bits per heavy atom. The molecule has 1 heterocycles. The number of carbonyl (C=O) groups excluding carboxylic acids is 1. The predicted octanol–water partition coefficient (Wildman–Crippen LogP) is 3.06. The van der Waals surface area contributed by atoms with Crippen LogP contribution < -0.4 is 5.32 Å². The Kier molecular flexibility index (Phi) is 5.62. The quantitative estimate of drug-likeness (QED) is 0.839. The summed E-state index contributed by atoms with van der Waals surface area (Å²) in [7, 11) is 0. The van der Waals surface area contributed by atoms with Crippen LogP contribution in [-0.2, 0) is 4.79 Å². The molecule has 1 aromatic carbocycles. The maximum atomic E-state index is 12.4. The van der Waals surface area contributed by atoms with E-state index < -0.39 is 17.9 Å². The molecule has 7 heteroatoms. The highest BCUT2D eigenvalue weighted by atomic mass is 35.5. The van der Waals surface area contributed by atoms with E-state index in [2.05, 4.69) is 10.4 Å². The zero-order chi connectivity index (χ0) is 17.9. The number of aryl methyl sites for hydroxylation is 1. The Bertz CT molecular complexity index is 757. The highest BCUT2D eigenvalue weighted by molar-refractivity contribution is 6.32. The van der Waals surface area contributed by atoms with Crippen LogP contribution in [0, 0.1) is 12.8 Å². The first-order valence-corrected chi connectivity index (χ1v) is 8.07. The van der Waals surface area contributed by atoms with Gasteiger partial charge >= 0.3 is 5.97 Å². The Labute approximate surface area is 145 Å². The summed E-state index contributed by atoms with van der Waals surface area (Å²) in [6.45, 7) is 5.41. The van der Waals surface area contributed by atoms with E-state index in [9.17, 15) is 14.7 Å². The second-order valence-electron chi connectivity index (χ2n) is 5.73. The second kappa shape index (κ2) is 7.49. The summed E-state index contributed by atoms with van der Waals surface area (Å²) in [6, 6.07) is 6.19. The van der Waals surface area contributed by atoms with Crippen LogP contribution in [0.25, 0.3) is 5.69 Å². The van der Waals surface area contributed by atoms with Gasteiger partial charge in [-0.25, -0.2) is 9.48 Å². The number of halogens is 1. The van der Waals surface area contributed by atoms with E-state index >= 15 is 0 Å². The topological polar surface area (TPSA) is 84.2 Å². The van der Waals surface area contributed by atoms with Crippen molar-refractivity contribution >= 4 is 23.5 Å². The molecule has 0 radical (unpaired) electrons. The van der Waals surface area contributed by atoms with E-state index in [1.807, 2.05) is 13.0 Å². The first-order valence-electron chi connectivity index (χ1n) is 7.70. The summed E-state index contributed by atoms with van der Waals surface area (Å²) in [5.41, 5.74) is 1.48. The third-order valence-electron chi connectivity index (χ3n) is 3.98. The SMILES string of the molecule is CCC(C)C(NC(=O)c1nn(-c2ccccc2Cl)cc1C)C(=O)O. The van der Waals surface area contributed by atoms with Crippen molar-refractivity contribution in [1.29, 1.82) is 0 Å². The Hall–Kier alpha value is -2.34. The van der Waals surface area contributed by atoms with Crippen molar-refractivity contribution in [2.75, 3.05) is 0 Å².